The third kappa shape index (κ3) is 3.34. The van der Waals surface area contributed by atoms with E-state index >= 15 is 0 Å². The van der Waals surface area contributed by atoms with Gasteiger partial charge >= 0.3 is 0 Å². The van der Waals surface area contributed by atoms with Crippen LogP contribution in [0.5, 0.6) is 0 Å². The van der Waals surface area contributed by atoms with Crippen molar-refractivity contribution < 1.29 is 9.34 Å². The molecule has 2 heterocycles. The van der Waals surface area contributed by atoms with Gasteiger partial charge in [-0.15, -0.1) is 10.2 Å². The van der Waals surface area contributed by atoms with Gasteiger partial charge in [0.15, 0.2) is 0 Å². The van der Waals surface area contributed by atoms with Crippen molar-refractivity contribution in [1.82, 2.24) is 19.7 Å². The normalized spacial score (nSPS) is 11.0. The highest BCUT2D eigenvalue weighted by Gasteiger charge is 2.13. The topological polar surface area (TPSA) is 117 Å². The Kier molecular flexibility index (Phi) is 4.24. The summed E-state index contributed by atoms with van der Waals surface area (Å²) in [6, 6.07) is 11.0. The average molecular weight is 428 g/mol. The fraction of sp³-hybridized carbons (Fsp3) is 0.0588. The largest absolute Gasteiger partial charge is 0.419 e. The van der Waals surface area contributed by atoms with Crippen LogP contribution in [0.2, 0.25) is 0 Å². The minimum absolute atomic E-state index is 0.0292. The summed E-state index contributed by atoms with van der Waals surface area (Å²) in [5.74, 6) is 0.436. The molecule has 4 rings (SSSR count). The molecule has 0 radical (unpaired) electrons. The molecule has 27 heavy (non-hydrogen) atoms. The Morgan fingerprint density at radius 2 is 1.93 bits per heavy atom. The van der Waals surface area contributed by atoms with Crippen LogP contribution in [0.15, 0.2) is 62.5 Å². The van der Waals surface area contributed by atoms with Gasteiger partial charge in [0.05, 0.1) is 22.2 Å². The van der Waals surface area contributed by atoms with E-state index in [4.69, 9.17) is 4.42 Å². The zero-order valence-electron chi connectivity index (χ0n) is 13.6. The van der Waals surface area contributed by atoms with E-state index in [1.807, 2.05) is 6.07 Å². The summed E-state index contributed by atoms with van der Waals surface area (Å²) in [6.45, 7) is 0.0638. The van der Waals surface area contributed by atoms with Crippen molar-refractivity contribution in [2.45, 2.75) is 6.54 Å². The van der Waals surface area contributed by atoms with Crippen LogP contribution in [0.25, 0.3) is 22.4 Å². The predicted octanol–water partition coefficient (Wildman–Crippen LogP) is 3.17. The number of benzene rings is 2. The molecule has 0 saturated carbocycles. The second kappa shape index (κ2) is 6.72. The maximum absolute atomic E-state index is 12.6. The van der Waals surface area contributed by atoms with Gasteiger partial charge in [-0.2, -0.15) is 0 Å². The number of fused-ring (bicyclic) bond motifs is 1. The molecule has 0 saturated heterocycles. The van der Waals surface area contributed by atoms with Gasteiger partial charge in [-0.25, -0.2) is 4.98 Å². The molecule has 4 aromatic rings. The molecular weight excluding hydrogens is 418 g/mol. The number of nitro benzene ring substituents is 1. The smallest absolute Gasteiger partial charge is 0.269 e. The van der Waals surface area contributed by atoms with Crippen molar-refractivity contribution in [2.24, 2.45) is 0 Å². The summed E-state index contributed by atoms with van der Waals surface area (Å²) < 4.78 is 7.74. The molecule has 9 nitrogen and oxygen atoms in total. The first kappa shape index (κ1) is 17.0. The Balaban J connectivity index is 1.63. The number of hydrogen-bond donors (Lipinski definition) is 0. The summed E-state index contributed by atoms with van der Waals surface area (Å²) in [4.78, 5) is 27.1. The molecule has 0 spiro atoms. The Bertz CT molecular complexity index is 1220. The number of hydrogen-bond acceptors (Lipinski definition) is 7. The molecular formula is C17H10BrN5O4. The van der Waals surface area contributed by atoms with Crippen LogP contribution >= 0.6 is 15.9 Å². The Morgan fingerprint density at radius 3 is 2.67 bits per heavy atom. The maximum Gasteiger partial charge on any atom is 0.269 e. The lowest BCUT2D eigenvalue weighted by Crippen LogP contribution is -2.21. The van der Waals surface area contributed by atoms with Crippen molar-refractivity contribution in [3.63, 3.8) is 0 Å². The summed E-state index contributed by atoms with van der Waals surface area (Å²) in [5, 5.41) is 19.1. The van der Waals surface area contributed by atoms with Crippen LogP contribution in [0.3, 0.4) is 0 Å². The van der Waals surface area contributed by atoms with Crippen molar-refractivity contribution in [3.8, 4) is 11.5 Å². The fourth-order valence-corrected chi connectivity index (χ4v) is 2.91. The third-order valence-electron chi connectivity index (χ3n) is 3.88. The molecule has 0 bridgehead atoms. The van der Waals surface area contributed by atoms with Crippen LogP contribution in [-0.4, -0.2) is 24.7 Å². The predicted molar refractivity (Wildman–Crippen MR) is 99.2 cm³/mol. The van der Waals surface area contributed by atoms with Crippen LogP contribution in [0.4, 0.5) is 5.69 Å². The zero-order valence-corrected chi connectivity index (χ0v) is 15.2. The number of nitro groups is 1. The minimum atomic E-state index is -0.486. The SMILES string of the molecule is O=c1c2cc(Br)ccc2ncn1Cc1nnc(-c2ccc([N+](=O)[O-])cc2)o1. The first-order valence-corrected chi connectivity index (χ1v) is 8.52. The highest BCUT2D eigenvalue weighted by molar-refractivity contribution is 9.10. The van der Waals surface area contributed by atoms with E-state index in [2.05, 4.69) is 31.1 Å². The van der Waals surface area contributed by atoms with Gasteiger partial charge in [-0.05, 0) is 30.3 Å². The molecule has 0 fully saturated rings. The molecule has 0 N–H and O–H groups in total. The lowest BCUT2D eigenvalue weighted by atomic mass is 10.2. The molecule has 0 amide bonds. The summed E-state index contributed by atoms with van der Waals surface area (Å²) in [5.41, 5.74) is 0.888. The van der Waals surface area contributed by atoms with Crippen LogP contribution < -0.4 is 5.56 Å². The molecule has 0 aliphatic carbocycles. The lowest BCUT2D eigenvalue weighted by molar-refractivity contribution is -0.384. The molecule has 2 aromatic carbocycles. The number of halogens is 1. The molecule has 0 unspecified atom stereocenters. The number of nitrogens with zero attached hydrogens (tertiary/aromatic N) is 5. The highest BCUT2D eigenvalue weighted by atomic mass is 79.9. The second-order valence-corrected chi connectivity index (χ2v) is 6.56. The summed E-state index contributed by atoms with van der Waals surface area (Å²) >= 11 is 3.34. The second-order valence-electron chi connectivity index (χ2n) is 5.64. The average Bonchev–Trinajstić information content (AvgIpc) is 3.13. The standard InChI is InChI=1S/C17H10BrN5O4/c18-11-3-6-14-13(7-11)17(24)22(9-19-14)8-15-20-21-16(27-15)10-1-4-12(5-2-10)23(25)26/h1-7,9H,8H2. The van der Waals surface area contributed by atoms with Gasteiger partial charge in [-0.1, -0.05) is 15.9 Å². The Labute approximate surface area is 159 Å². The quantitative estimate of drug-likeness (QED) is 0.362. The molecule has 0 aliphatic rings. The Hall–Kier alpha value is -3.40. The van der Waals surface area contributed by atoms with Crippen molar-refractivity contribution in [2.75, 3.05) is 0 Å². The van der Waals surface area contributed by atoms with E-state index in [-0.39, 0.29) is 29.6 Å². The van der Waals surface area contributed by atoms with Gasteiger partial charge in [0.25, 0.3) is 11.2 Å². The summed E-state index contributed by atoms with van der Waals surface area (Å²) in [6.07, 6.45) is 1.42. The first-order valence-electron chi connectivity index (χ1n) is 7.73. The summed E-state index contributed by atoms with van der Waals surface area (Å²) in [7, 11) is 0. The van der Waals surface area contributed by atoms with Crippen LogP contribution in [-0.2, 0) is 6.54 Å². The van der Waals surface area contributed by atoms with Crippen molar-refractivity contribution >= 4 is 32.5 Å². The molecule has 2 aromatic heterocycles. The maximum atomic E-state index is 12.6. The fourth-order valence-electron chi connectivity index (χ4n) is 2.55. The van der Waals surface area contributed by atoms with Crippen LogP contribution in [0.1, 0.15) is 5.89 Å². The molecule has 134 valence electrons. The van der Waals surface area contributed by atoms with Gasteiger partial charge in [-0.3, -0.25) is 19.5 Å². The van der Waals surface area contributed by atoms with Gasteiger partial charge in [0, 0.05) is 22.2 Å². The van der Waals surface area contributed by atoms with E-state index in [1.54, 1.807) is 12.1 Å². The van der Waals surface area contributed by atoms with Gasteiger partial charge in [0.1, 0.15) is 6.54 Å². The molecule has 10 heteroatoms. The van der Waals surface area contributed by atoms with Crippen LogP contribution in [0, 0.1) is 10.1 Å². The van der Waals surface area contributed by atoms with Gasteiger partial charge < -0.3 is 4.42 Å². The van der Waals surface area contributed by atoms with E-state index < -0.39 is 4.92 Å². The number of rotatable bonds is 4. The van der Waals surface area contributed by atoms with Gasteiger partial charge in [0.2, 0.25) is 11.8 Å². The minimum Gasteiger partial charge on any atom is -0.419 e. The van der Waals surface area contributed by atoms with Crippen molar-refractivity contribution in [1.29, 1.82) is 0 Å². The molecule has 0 atom stereocenters. The van der Waals surface area contributed by atoms with E-state index in [9.17, 15) is 14.9 Å². The van der Waals surface area contributed by atoms with E-state index in [1.165, 1.54) is 35.2 Å². The highest BCUT2D eigenvalue weighted by Crippen LogP contribution is 2.21. The Morgan fingerprint density at radius 1 is 1.15 bits per heavy atom. The molecule has 0 aliphatic heterocycles. The number of non-ortho nitro benzene ring substituents is 1. The third-order valence-corrected chi connectivity index (χ3v) is 4.38. The first-order chi connectivity index (χ1) is 13.0. The van der Waals surface area contributed by atoms with Crippen molar-refractivity contribution in [3.05, 3.63) is 79.6 Å². The number of aromatic nitrogens is 4. The lowest BCUT2D eigenvalue weighted by Gasteiger charge is -2.04. The monoisotopic (exact) mass is 427 g/mol. The zero-order chi connectivity index (χ0) is 19.0. The van der Waals surface area contributed by atoms with E-state index in [0.717, 1.165) is 4.47 Å². The van der Waals surface area contributed by atoms with E-state index in [0.29, 0.717) is 16.5 Å².